The smallest absolute Gasteiger partial charge is 0.251 e. The van der Waals surface area contributed by atoms with Crippen LogP contribution < -0.4 is 5.32 Å². The van der Waals surface area contributed by atoms with E-state index in [-0.39, 0.29) is 5.91 Å². The normalized spacial score (nSPS) is 10.4. The molecular formula is C19H14Cl2N2O. The van der Waals surface area contributed by atoms with Gasteiger partial charge in [-0.05, 0) is 47.0 Å². The topological polar surface area (TPSA) is 42.0 Å². The van der Waals surface area contributed by atoms with E-state index in [1.54, 1.807) is 36.7 Å². The van der Waals surface area contributed by atoms with E-state index in [0.29, 0.717) is 22.2 Å². The molecule has 0 aliphatic carbocycles. The van der Waals surface area contributed by atoms with Gasteiger partial charge in [-0.15, -0.1) is 0 Å². The van der Waals surface area contributed by atoms with E-state index in [9.17, 15) is 4.79 Å². The molecule has 0 atom stereocenters. The van der Waals surface area contributed by atoms with E-state index >= 15 is 0 Å². The van der Waals surface area contributed by atoms with Crippen LogP contribution in [0.2, 0.25) is 10.0 Å². The molecule has 1 aromatic heterocycles. The molecule has 1 heterocycles. The Morgan fingerprint density at radius 1 is 0.958 bits per heavy atom. The molecule has 0 unspecified atom stereocenters. The van der Waals surface area contributed by atoms with Crippen molar-refractivity contribution in [2.24, 2.45) is 0 Å². The molecule has 120 valence electrons. The van der Waals surface area contributed by atoms with Gasteiger partial charge < -0.3 is 5.32 Å². The van der Waals surface area contributed by atoms with Gasteiger partial charge in [-0.3, -0.25) is 9.78 Å². The minimum absolute atomic E-state index is 0.140. The first-order chi connectivity index (χ1) is 11.6. The predicted octanol–water partition coefficient (Wildman–Crippen LogP) is 4.99. The highest BCUT2D eigenvalue weighted by molar-refractivity contribution is 6.42. The van der Waals surface area contributed by atoms with Crippen LogP contribution in [0.4, 0.5) is 0 Å². The first-order valence-corrected chi connectivity index (χ1v) is 8.11. The molecule has 3 aromatic rings. The summed E-state index contributed by atoms with van der Waals surface area (Å²) in [6.45, 7) is 0.389. The lowest BCUT2D eigenvalue weighted by molar-refractivity contribution is 0.0951. The molecule has 0 saturated carbocycles. The van der Waals surface area contributed by atoms with E-state index in [4.69, 9.17) is 23.2 Å². The highest BCUT2D eigenvalue weighted by atomic mass is 35.5. The number of nitrogens with one attached hydrogen (secondary N) is 1. The third kappa shape index (κ3) is 3.94. The fourth-order valence-corrected chi connectivity index (χ4v) is 2.60. The number of carbonyl (C=O) groups excluding carboxylic acids is 1. The number of amides is 1. The van der Waals surface area contributed by atoms with Crippen LogP contribution >= 0.6 is 23.2 Å². The highest BCUT2D eigenvalue weighted by Gasteiger charge is 2.07. The van der Waals surface area contributed by atoms with Crippen molar-refractivity contribution in [1.82, 2.24) is 10.3 Å². The number of hydrogen-bond acceptors (Lipinski definition) is 2. The van der Waals surface area contributed by atoms with Gasteiger partial charge in [-0.25, -0.2) is 0 Å². The Bertz CT molecular complexity index is 849. The number of hydrogen-bond donors (Lipinski definition) is 1. The van der Waals surface area contributed by atoms with Gasteiger partial charge >= 0.3 is 0 Å². The number of benzene rings is 2. The highest BCUT2D eigenvalue weighted by Crippen LogP contribution is 2.22. The van der Waals surface area contributed by atoms with E-state index in [2.05, 4.69) is 10.3 Å². The molecule has 0 fully saturated rings. The van der Waals surface area contributed by atoms with Crippen LogP contribution in [0.1, 0.15) is 15.9 Å². The third-order valence-corrected chi connectivity index (χ3v) is 4.32. The number of halogens is 2. The van der Waals surface area contributed by atoms with Gasteiger partial charge in [0.2, 0.25) is 0 Å². The lowest BCUT2D eigenvalue weighted by Crippen LogP contribution is -2.22. The van der Waals surface area contributed by atoms with Crippen LogP contribution in [0.3, 0.4) is 0 Å². The van der Waals surface area contributed by atoms with Crippen molar-refractivity contribution in [2.75, 3.05) is 0 Å². The molecule has 24 heavy (non-hydrogen) atoms. The monoisotopic (exact) mass is 356 g/mol. The summed E-state index contributed by atoms with van der Waals surface area (Å²) in [6.07, 6.45) is 3.52. The standard InChI is InChI=1S/C19H14Cl2N2O/c20-17-8-3-13(10-18(17)21)11-23-19(24)15-6-4-14(5-7-15)16-2-1-9-22-12-16/h1-10,12H,11H2,(H,23,24). The molecular weight excluding hydrogens is 343 g/mol. The Hall–Kier alpha value is -2.36. The quantitative estimate of drug-likeness (QED) is 0.715. The van der Waals surface area contributed by atoms with Gasteiger partial charge in [0, 0.05) is 24.5 Å². The second-order valence-corrected chi connectivity index (χ2v) is 6.06. The Morgan fingerprint density at radius 3 is 2.42 bits per heavy atom. The molecule has 5 heteroatoms. The van der Waals surface area contributed by atoms with Crippen molar-refractivity contribution in [3.8, 4) is 11.1 Å². The molecule has 3 rings (SSSR count). The van der Waals surface area contributed by atoms with Crippen molar-refractivity contribution >= 4 is 29.1 Å². The summed E-state index contributed by atoms with van der Waals surface area (Å²) in [5.41, 5.74) is 3.52. The Kier molecular flexibility index (Phi) is 5.14. The van der Waals surface area contributed by atoms with Crippen molar-refractivity contribution in [2.45, 2.75) is 6.54 Å². The minimum atomic E-state index is -0.140. The van der Waals surface area contributed by atoms with E-state index in [0.717, 1.165) is 16.7 Å². The van der Waals surface area contributed by atoms with Crippen LogP contribution in [0.15, 0.2) is 67.0 Å². The molecule has 1 N–H and O–H groups in total. The number of carbonyl (C=O) groups is 1. The SMILES string of the molecule is O=C(NCc1ccc(Cl)c(Cl)c1)c1ccc(-c2cccnc2)cc1. The van der Waals surface area contributed by atoms with Gasteiger partial charge in [-0.2, -0.15) is 0 Å². The zero-order chi connectivity index (χ0) is 16.9. The predicted molar refractivity (Wildman–Crippen MR) is 97.3 cm³/mol. The number of rotatable bonds is 4. The van der Waals surface area contributed by atoms with Crippen molar-refractivity contribution in [3.63, 3.8) is 0 Å². The van der Waals surface area contributed by atoms with Gasteiger partial charge in [0.15, 0.2) is 0 Å². The summed E-state index contributed by atoms with van der Waals surface area (Å²) in [6, 6.07) is 16.6. The van der Waals surface area contributed by atoms with Crippen LogP contribution in [-0.2, 0) is 6.54 Å². The number of aromatic nitrogens is 1. The second-order valence-electron chi connectivity index (χ2n) is 5.25. The molecule has 3 nitrogen and oxygen atoms in total. The van der Waals surface area contributed by atoms with Crippen LogP contribution in [0.25, 0.3) is 11.1 Å². The molecule has 2 aromatic carbocycles. The van der Waals surface area contributed by atoms with Crippen molar-refractivity contribution in [1.29, 1.82) is 0 Å². The Balaban J connectivity index is 1.66. The largest absolute Gasteiger partial charge is 0.348 e. The molecule has 0 bridgehead atoms. The number of pyridine rings is 1. The van der Waals surface area contributed by atoms with Crippen LogP contribution in [0.5, 0.6) is 0 Å². The van der Waals surface area contributed by atoms with Gasteiger partial charge in [0.1, 0.15) is 0 Å². The maximum absolute atomic E-state index is 12.2. The maximum Gasteiger partial charge on any atom is 0.251 e. The van der Waals surface area contributed by atoms with Crippen LogP contribution in [0, 0.1) is 0 Å². The van der Waals surface area contributed by atoms with E-state index < -0.39 is 0 Å². The summed E-state index contributed by atoms with van der Waals surface area (Å²) in [7, 11) is 0. The molecule has 0 spiro atoms. The lowest BCUT2D eigenvalue weighted by Gasteiger charge is -2.07. The van der Waals surface area contributed by atoms with Crippen LogP contribution in [-0.4, -0.2) is 10.9 Å². The fraction of sp³-hybridized carbons (Fsp3) is 0.0526. The average Bonchev–Trinajstić information content (AvgIpc) is 2.63. The molecule has 0 radical (unpaired) electrons. The van der Waals surface area contributed by atoms with E-state index in [1.165, 1.54) is 0 Å². The zero-order valence-corrected chi connectivity index (χ0v) is 14.2. The summed E-state index contributed by atoms with van der Waals surface area (Å²) in [4.78, 5) is 16.3. The zero-order valence-electron chi connectivity index (χ0n) is 12.7. The first kappa shape index (κ1) is 16.5. The van der Waals surface area contributed by atoms with Gasteiger partial charge in [-0.1, -0.05) is 47.5 Å². The maximum atomic E-state index is 12.2. The van der Waals surface area contributed by atoms with Crippen molar-refractivity contribution in [3.05, 3.63) is 88.2 Å². The summed E-state index contributed by atoms with van der Waals surface area (Å²) >= 11 is 11.9. The summed E-state index contributed by atoms with van der Waals surface area (Å²) in [5.74, 6) is -0.140. The Morgan fingerprint density at radius 2 is 1.75 bits per heavy atom. The van der Waals surface area contributed by atoms with Crippen molar-refractivity contribution < 1.29 is 4.79 Å². The molecule has 0 saturated heterocycles. The van der Waals surface area contributed by atoms with Gasteiger partial charge in [0.25, 0.3) is 5.91 Å². The Labute approximate surface area is 150 Å². The lowest BCUT2D eigenvalue weighted by atomic mass is 10.1. The average molecular weight is 357 g/mol. The second kappa shape index (κ2) is 7.47. The fourth-order valence-electron chi connectivity index (χ4n) is 2.28. The van der Waals surface area contributed by atoms with E-state index in [1.807, 2.05) is 30.3 Å². The number of nitrogens with zero attached hydrogens (tertiary/aromatic N) is 1. The summed E-state index contributed by atoms with van der Waals surface area (Å²) < 4.78 is 0. The minimum Gasteiger partial charge on any atom is -0.348 e. The first-order valence-electron chi connectivity index (χ1n) is 7.36. The molecule has 0 aliphatic rings. The summed E-state index contributed by atoms with van der Waals surface area (Å²) in [5, 5.41) is 3.84. The molecule has 0 aliphatic heterocycles. The third-order valence-electron chi connectivity index (χ3n) is 3.58. The van der Waals surface area contributed by atoms with Gasteiger partial charge in [0.05, 0.1) is 10.0 Å². The molecule has 1 amide bonds.